The molecule has 0 aromatic heterocycles. The zero-order valence-electron chi connectivity index (χ0n) is 12.7. The maximum absolute atomic E-state index is 12.3. The van der Waals surface area contributed by atoms with Crippen LogP contribution in [0.2, 0.25) is 0 Å². The number of fused-ring (bicyclic) bond motifs is 2. The maximum Gasteiger partial charge on any atom is 0.238 e. The van der Waals surface area contributed by atoms with E-state index in [0.29, 0.717) is 0 Å². The number of ether oxygens (including phenoxy) is 1. The largest absolute Gasteiger partial charge is 0.496 e. The van der Waals surface area contributed by atoms with Crippen LogP contribution in [0.5, 0.6) is 5.75 Å². The molecule has 2 heterocycles. The van der Waals surface area contributed by atoms with E-state index in [1.807, 2.05) is 18.2 Å². The van der Waals surface area contributed by atoms with Crippen LogP contribution in [0.4, 0.5) is 0 Å². The Bertz CT molecular complexity index is 728. The Labute approximate surface area is 130 Å². The van der Waals surface area contributed by atoms with Crippen LogP contribution in [0.15, 0.2) is 36.4 Å². The van der Waals surface area contributed by atoms with Crippen LogP contribution in [0, 0.1) is 0 Å². The van der Waals surface area contributed by atoms with Gasteiger partial charge in [-0.3, -0.25) is 9.69 Å². The van der Waals surface area contributed by atoms with E-state index in [0.717, 1.165) is 42.5 Å². The van der Waals surface area contributed by atoms with E-state index < -0.39 is 0 Å². The van der Waals surface area contributed by atoms with Gasteiger partial charge in [-0.1, -0.05) is 36.8 Å². The molecule has 0 spiro atoms. The number of amides is 1. The van der Waals surface area contributed by atoms with Gasteiger partial charge in [0, 0.05) is 12.1 Å². The van der Waals surface area contributed by atoms with E-state index >= 15 is 0 Å². The number of benzene rings is 2. The first-order valence-electron chi connectivity index (χ1n) is 7.91. The molecule has 114 valence electrons. The molecule has 0 unspecified atom stereocenters. The second-order valence-electron chi connectivity index (χ2n) is 6.06. The molecule has 0 aliphatic carbocycles. The fourth-order valence-corrected chi connectivity index (χ4v) is 3.83. The molecule has 2 saturated heterocycles. The number of piperidine rings is 1. The summed E-state index contributed by atoms with van der Waals surface area (Å²) in [7, 11) is 1.69. The quantitative estimate of drug-likeness (QED) is 0.926. The zero-order chi connectivity index (χ0) is 15.1. The van der Waals surface area contributed by atoms with Gasteiger partial charge in [-0.2, -0.15) is 0 Å². The highest BCUT2D eigenvalue weighted by Crippen LogP contribution is 2.39. The van der Waals surface area contributed by atoms with Crippen LogP contribution >= 0.6 is 0 Å². The number of carbonyl (C=O) groups excluding carboxylic acids is 1. The summed E-state index contributed by atoms with van der Waals surface area (Å²) in [4.78, 5) is 14.6. The molecule has 2 aliphatic heterocycles. The highest BCUT2D eigenvalue weighted by atomic mass is 16.5. The van der Waals surface area contributed by atoms with E-state index in [-0.39, 0.29) is 18.1 Å². The molecule has 2 aromatic carbocycles. The third-order valence-corrected chi connectivity index (χ3v) is 4.88. The highest BCUT2D eigenvalue weighted by molar-refractivity contribution is 5.91. The Balaban J connectivity index is 1.88. The van der Waals surface area contributed by atoms with E-state index in [4.69, 9.17) is 4.74 Å². The lowest BCUT2D eigenvalue weighted by molar-refractivity contribution is -0.122. The molecule has 1 amide bonds. The first kappa shape index (κ1) is 13.6. The van der Waals surface area contributed by atoms with Crippen molar-refractivity contribution in [2.75, 3.05) is 13.7 Å². The Morgan fingerprint density at radius 1 is 1.18 bits per heavy atom. The molecule has 2 atom stereocenters. The van der Waals surface area contributed by atoms with Crippen molar-refractivity contribution in [1.29, 1.82) is 0 Å². The monoisotopic (exact) mass is 296 g/mol. The van der Waals surface area contributed by atoms with Gasteiger partial charge >= 0.3 is 0 Å². The molecule has 0 radical (unpaired) electrons. The molecule has 0 saturated carbocycles. The predicted octanol–water partition coefficient (Wildman–Crippen LogP) is 2.83. The summed E-state index contributed by atoms with van der Waals surface area (Å²) in [5, 5.41) is 5.51. The standard InChI is InChI=1S/C18H20N2O2/c1-22-15-10-9-12-6-2-3-7-13(12)16(15)17-19-18(21)14-8-4-5-11-20(14)17/h2-3,6-7,9-10,14,17H,4-5,8,11H2,1H3,(H,19,21)/t14-,17+/m0/s1. The maximum atomic E-state index is 12.3. The lowest BCUT2D eigenvalue weighted by atomic mass is 9.98. The van der Waals surface area contributed by atoms with Gasteiger partial charge in [-0.05, 0) is 29.7 Å². The molecular weight excluding hydrogens is 276 g/mol. The van der Waals surface area contributed by atoms with Crippen LogP contribution in [-0.2, 0) is 4.79 Å². The molecule has 4 rings (SSSR count). The lowest BCUT2D eigenvalue weighted by Gasteiger charge is -2.32. The summed E-state index contributed by atoms with van der Waals surface area (Å²) in [6, 6.07) is 12.4. The zero-order valence-corrected chi connectivity index (χ0v) is 12.7. The fraction of sp³-hybridized carbons (Fsp3) is 0.389. The summed E-state index contributed by atoms with van der Waals surface area (Å²) in [5.74, 6) is 0.995. The molecule has 2 aliphatic rings. The third kappa shape index (κ3) is 1.98. The van der Waals surface area contributed by atoms with Crippen molar-refractivity contribution < 1.29 is 9.53 Å². The van der Waals surface area contributed by atoms with Gasteiger partial charge in [0.05, 0.1) is 13.2 Å². The molecule has 2 fully saturated rings. The molecule has 22 heavy (non-hydrogen) atoms. The minimum absolute atomic E-state index is 0.0161. The molecule has 2 aromatic rings. The van der Waals surface area contributed by atoms with Crippen LogP contribution in [0.25, 0.3) is 10.8 Å². The Morgan fingerprint density at radius 3 is 2.91 bits per heavy atom. The second kappa shape index (κ2) is 5.29. The Hall–Kier alpha value is -2.07. The molecule has 4 nitrogen and oxygen atoms in total. The van der Waals surface area contributed by atoms with E-state index in [2.05, 4.69) is 28.4 Å². The normalized spacial score (nSPS) is 25.0. The molecule has 0 bridgehead atoms. The van der Waals surface area contributed by atoms with E-state index in [9.17, 15) is 4.79 Å². The lowest BCUT2D eigenvalue weighted by Crippen LogP contribution is -2.38. The van der Waals surface area contributed by atoms with Gasteiger partial charge < -0.3 is 10.1 Å². The SMILES string of the molecule is COc1ccc2ccccc2c1[C@@H]1NC(=O)[C@@H]2CCCCN21. The third-order valence-electron chi connectivity index (χ3n) is 4.88. The van der Waals surface area contributed by atoms with Crippen molar-refractivity contribution in [3.8, 4) is 5.75 Å². The summed E-state index contributed by atoms with van der Waals surface area (Å²) >= 11 is 0. The minimum Gasteiger partial charge on any atom is -0.496 e. The first-order chi connectivity index (χ1) is 10.8. The van der Waals surface area contributed by atoms with Crippen molar-refractivity contribution in [1.82, 2.24) is 10.2 Å². The van der Waals surface area contributed by atoms with Gasteiger partial charge in [0.2, 0.25) is 5.91 Å². The summed E-state index contributed by atoms with van der Waals surface area (Å²) in [6.45, 7) is 0.959. The van der Waals surface area contributed by atoms with Gasteiger partial charge in [0.25, 0.3) is 0 Å². The smallest absolute Gasteiger partial charge is 0.238 e. The number of carbonyl (C=O) groups is 1. The number of methoxy groups -OCH3 is 1. The van der Waals surface area contributed by atoms with Crippen LogP contribution in [0.1, 0.15) is 31.0 Å². The van der Waals surface area contributed by atoms with Gasteiger partial charge in [-0.25, -0.2) is 0 Å². The summed E-state index contributed by atoms with van der Waals surface area (Å²) in [6.07, 6.45) is 3.15. The van der Waals surface area contributed by atoms with Crippen molar-refractivity contribution in [3.63, 3.8) is 0 Å². The minimum atomic E-state index is -0.0844. The van der Waals surface area contributed by atoms with E-state index in [1.165, 1.54) is 5.39 Å². The number of nitrogens with one attached hydrogen (secondary N) is 1. The van der Waals surface area contributed by atoms with Crippen molar-refractivity contribution in [2.45, 2.75) is 31.5 Å². The number of hydrogen-bond acceptors (Lipinski definition) is 3. The van der Waals surface area contributed by atoms with Crippen LogP contribution < -0.4 is 10.1 Å². The van der Waals surface area contributed by atoms with Gasteiger partial charge in [0.15, 0.2) is 0 Å². The van der Waals surface area contributed by atoms with Crippen LogP contribution in [-0.4, -0.2) is 30.5 Å². The summed E-state index contributed by atoms with van der Waals surface area (Å²) < 4.78 is 5.60. The molecule has 4 heteroatoms. The molecular formula is C18H20N2O2. The topological polar surface area (TPSA) is 41.6 Å². The average Bonchev–Trinajstić information content (AvgIpc) is 2.91. The highest BCUT2D eigenvalue weighted by Gasteiger charge is 2.42. The number of rotatable bonds is 2. The molecule has 1 N–H and O–H groups in total. The van der Waals surface area contributed by atoms with Crippen LogP contribution in [0.3, 0.4) is 0 Å². The van der Waals surface area contributed by atoms with E-state index in [1.54, 1.807) is 7.11 Å². The van der Waals surface area contributed by atoms with Gasteiger partial charge in [-0.15, -0.1) is 0 Å². The second-order valence-corrected chi connectivity index (χ2v) is 6.06. The van der Waals surface area contributed by atoms with Gasteiger partial charge in [0.1, 0.15) is 11.9 Å². The summed E-state index contributed by atoms with van der Waals surface area (Å²) in [5.41, 5.74) is 1.08. The number of nitrogens with zero attached hydrogens (tertiary/aromatic N) is 1. The number of hydrogen-bond donors (Lipinski definition) is 1. The van der Waals surface area contributed by atoms with Crippen molar-refractivity contribution >= 4 is 16.7 Å². The predicted molar refractivity (Wildman–Crippen MR) is 85.7 cm³/mol. The Kier molecular flexibility index (Phi) is 3.26. The Morgan fingerprint density at radius 2 is 2.05 bits per heavy atom. The first-order valence-corrected chi connectivity index (χ1v) is 7.91. The fourth-order valence-electron chi connectivity index (χ4n) is 3.83. The average molecular weight is 296 g/mol. The van der Waals surface area contributed by atoms with Crippen molar-refractivity contribution in [2.24, 2.45) is 0 Å². The van der Waals surface area contributed by atoms with Crippen molar-refractivity contribution in [3.05, 3.63) is 42.0 Å².